The minimum Gasteiger partial charge on any atom is -0.493 e. The first-order chi connectivity index (χ1) is 13.8. The third-order valence-electron chi connectivity index (χ3n) is 4.55. The van der Waals surface area contributed by atoms with Crippen molar-refractivity contribution in [3.05, 3.63) is 69.9 Å². The molecule has 0 aliphatic carbocycles. The van der Waals surface area contributed by atoms with Gasteiger partial charge in [-0.1, -0.05) is 24.3 Å². The van der Waals surface area contributed by atoms with Gasteiger partial charge in [0, 0.05) is 13.6 Å². The quantitative estimate of drug-likeness (QED) is 0.709. The molecule has 9 heteroatoms. The van der Waals surface area contributed by atoms with Crippen LogP contribution in [-0.2, 0) is 19.8 Å². The van der Waals surface area contributed by atoms with Crippen molar-refractivity contribution in [3.8, 4) is 5.88 Å². The Hall–Kier alpha value is -3.62. The van der Waals surface area contributed by atoms with E-state index in [1.54, 1.807) is 25.3 Å². The number of benzene rings is 2. The lowest BCUT2D eigenvalue weighted by Crippen LogP contribution is -2.12. The number of halogens is 3. The molecule has 0 saturated heterocycles. The van der Waals surface area contributed by atoms with E-state index < -0.39 is 11.7 Å². The Morgan fingerprint density at radius 2 is 1.97 bits per heavy atom. The highest BCUT2D eigenvalue weighted by Crippen LogP contribution is 2.32. The van der Waals surface area contributed by atoms with Gasteiger partial charge in [0.25, 0.3) is 0 Å². The van der Waals surface area contributed by atoms with Crippen LogP contribution in [0.1, 0.15) is 16.8 Å². The van der Waals surface area contributed by atoms with Gasteiger partial charge in [0.15, 0.2) is 0 Å². The zero-order valence-corrected chi connectivity index (χ0v) is 15.3. The van der Waals surface area contributed by atoms with Crippen LogP contribution in [0.15, 0.2) is 52.4 Å². The number of nitrogens with one attached hydrogen (secondary N) is 1. The van der Waals surface area contributed by atoms with Gasteiger partial charge < -0.3 is 10.4 Å². The van der Waals surface area contributed by atoms with Gasteiger partial charge in [0.2, 0.25) is 11.8 Å². The molecule has 1 aliphatic rings. The summed E-state index contributed by atoms with van der Waals surface area (Å²) in [6.07, 6.45) is -1.31. The molecule has 0 atom stereocenters. The Balaban J connectivity index is 1.61. The fraction of sp³-hybridized carbons (Fsp3) is 0.150. The number of fused-ring (bicyclic) bond motifs is 1. The number of anilines is 1. The number of imidazole rings is 1. The van der Waals surface area contributed by atoms with Crippen LogP contribution in [0.5, 0.6) is 5.88 Å². The molecule has 0 fully saturated rings. The van der Waals surface area contributed by atoms with E-state index in [-0.39, 0.29) is 29.6 Å². The highest BCUT2D eigenvalue weighted by molar-refractivity contribution is 5.67. The fourth-order valence-electron chi connectivity index (χ4n) is 3.05. The second kappa shape index (κ2) is 7.08. The average molecular weight is 399 g/mol. The molecule has 0 bridgehead atoms. The Morgan fingerprint density at radius 1 is 1.17 bits per heavy atom. The molecule has 3 aromatic rings. The number of rotatable bonds is 4. The molecule has 1 aliphatic heterocycles. The summed E-state index contributed by atoms with van der Waals surface area (Å²) in [5.74, 6) is 0.144. The molecule has 0 saturated carbocycles. The van der Waals surface area contributed by atoms with E-state index in [1.165, 1.54) is 23.0 Å². The van der Waals surface area contributed by atoms with Crippen molar-refractivity contribution in [2.24, 2.45) is 17.0 Å². The van der Waals surface area contributed by atoms with Crippen molar-refractivity contribution >= 4 is 24.1 Å². The molecular weight excluding hydrogens is 383 g/mol. The number of aromatic nitrogens is 2. The average Bonchev–Trinajstić information content (AvgIpc) is 3.26. The Kier molecular flexibility index (Phi) is 4.57. The maximum Gasteiger partial charge on any atom is 0.416 e. The van der Waals surface area contributed by atoms with Crippen molar-refractivity contribution in [3.63, 3.8) is 0 Å². The molecule has 0 amide bonds. The van der Waals surface area contributed by atoms with Crippen LogP contribution in [0.25, 0.3) is 6.08 Å². The minimum absolute atomic E-state index is 0.0888. The standard InChI is InChI=1S/C20H16F3N5O/c1-28-18(29)17(9-12-6-7-15-16(8-12)26-11-25-15)27-19(28)24-10-13-4-2-3-5-14(13)20(21,22)23/h2-9,11,29H,10H2,1H3,(H,24,27)/b12-9+. The zero-order valence-electron chi connectivity index (χ0n) is 15.3. The van der Waals surface area contributed by atoms with Crippen LogP contribution in [-0.4, -0.2) is 21.0 Å². The summed E-state index contributed by atoms with van der Waals surface area (Å²) in [5, 5.41) is 14.7. The number of hydrogen-bond acceptors (Lipinski definition) is 5. The lowest BCUT2D eigenvalue weighted by Gasteiger charge is -2.13. The van der Waals surface area contributed by atoms with Gasteiger partial charge in [-0.3, -0.25) is 4.57 Å². The second-order valence-electron chi connectivity index (χ2n) is 6.48. The smallest absolute Gasteiger partial charge is 0.416 e. The largest absolute Gasteiger partial charge is 0.493 e. The van der Waals surface area contributed by atoms with Crippen molar-refractivity contribution in [1.82, 2.24) is 9.55 Å². The van der Waals surface area contributed by atoms with Gasteiger partial charge in [0.1, 0.15) is 12.0 Å². The topological polar surface area (TPSA) is 74.8 Å². The van der Waals surface area contributed by atoms with E-state index in [4.69, 9.17) is 0 Å². The highest BCUT2D eigenvalue weighted by atomic mass is 19.4. The summed E-state index contributed by atoms with van der Waals surface area (Å²) in [6, 6.07) is 10.8. The van der Waals surface area contributed by atoms with Crippen molar-refractivity contribution in [1.29, 1.82) is 0 Å². The van der Waals surface area contributed by atoms with E-state index in [9.17, 15) is 18.3 Å². The molecule has 148 valence electrons. The summed E-state index contributed by atoms with van der Waals surface area (Å²) in [6.45, 7) is -0.0888. The summed E-state index contributed by atoms with van der Waals surface area (Å²) in [7, 11) is 1.57. The van der Waals surface area contributed by atoms with Crippen LogP contribution in [0.4, 0.5) is 24.8 Å². The second-order valence-corrected chi connectivity index (χ2v) is 6.48. The number of aliphatic imine (C=N–C) groups is 1. The van der Waals surface area contributed by atoms with E-state index in [0.717, 1.165) is 22.3 Å². The maximum atomic E-state index is 13.1. The number of aromatic hydroxyl groups is 1. The first kappa shape index (κ1) is 18.7. The van der Waals surface area contributed by atoms with E-state index in [2.05, 4.69) is 20.3 Å². The van der Waals surface area contributed by atoms with Crippen molar-refractivity contribution in [2.75, 3.05) is 5.32 Å². The Labute approximate surface area is 163 Å². The van der Waals surface area contributed by atoms with Crippen molar-refractivity contribution in [2.45, 2.75) is 12.7 Å². The molecule has 2 N–H and O–H groups in total. The summed E-state index contributed by atoms with van der Waals surface area (Å²) in [4.78, 5) is 12.5. The van der Waals surface area contributed by atoms with Gasteiger partial charge >= 0.3 is 6.18 Å². The fourth-order valence-corrected chi connectivity index (χ4v) is 3.05. The van der Waals surface area contributed by atoms with Gasteiger partial charge in [-0.2, -0.15) is 13.2 Å². The SMILES string of the molecule is Cn1c(NCc2ccccc2C(F)(F)F)nc(/C=c2\ccc3c(c2)N=CN=3)c1O. The van der Waals surface area contributed by atoms with E-state index in [0.29, 0.717) is 0 Å². The van der Waals surface area contributed by atoms with Crippen LogP contribution < -0.4 is 15.9 Å². The van der Waals surface area contributed by atoms with Gasteiger partial charge in [0.05, 0.1) is 16.6 Å². The van der Waals surface area contributed by atoms with Crippen LogP contribution in [0, 0.1) is 0 Å². The van der Waals surface area contributed by atoms with Crippen LogP contribution in [0.2, 0.25) is 0 Å². The molecule has 1 aromatic heterocycles. The number of nitrogens with zero attached hydrogens (tertiary/aromatic N) is 4. The Morgan fingerprint density at radius 3 is 2.76 bits per heavy atom. The monoisotopic (exact) mass is 399 g/mol. The molecule has 4 rings (SSSR count). The normalized spacial score (nSPS) is 13.4. The number of hydrogen-bond donors (Lipinski definition) is 2. The van der Waals surface area contributed by atoms with E-state index in [1.807, 2.05) is 12.1 Å². The molecule has 0 unspecified atom stereocenters. The lowest BCUT2D eigenvalue weighted by molar-refractivity contribution is -0.138. The molecule has 0 spiro atoms. The zero-order chi connectivity index (χ0) is 20.6. The first-order valence-corrected chi connectivity index (χ1v) is 8.70. The predicted molar refractivity (Wildman–Crippen MR) is 103 cm³/mol. The van der Waals surface area contributed by atoms with Crippen LogP contribution >= 0.6 is 0 Å². The molecular formula is C20H16F3N5O. The van der Waals surface area contributed by atoms with Gasteiger partial charge in [-0.25, -0.2) is 15.0 Å². The molecule has 29 heavy (non-hydrogen) atoms. The highest BCUT2D eigenvalue weighted by Gasteiger charge is 2.32. The maximum absolute atomic E-state index is 13.1. The molecule has 0 radical (unpaired) electrons. The third kappa shape index (κ3) is 3.71. The lowest BCUT2D eigenvalue weighted by atomic mass is 10.1. The van der Waals surface area contributed by atoms with Crippen molar-refractivity contribution < 1.29 is 18.3 Å². The minimum atomic E-state index is -4.44. The molecule has 2 heterocycles. The molecule has 6 nitrogen and oxygen atoms in total. The van der Waals surface area contributed by atoms with Gasteiger partial charge in [-0.15, -0.1) is 0 Å². The number of alkyl halides is 3. The predicted octanol–water partition coefficient (Wildman–Crippen LogP) is 2.88. The summed E-state index contributed by atoms with van der Waals surface area (Å²) < 4.78 is 40.8. The first-order valence-electron chi connectivity index (χ1n) is 8.70. The summed E-state index contributed by atoms with van der Waals surface area (Å²) >= 11 is 0. The molecule has 2 aromatic carbocycles. The Bertz CT molecular complexity index is 1230. The van der Waals surface area contributed by atoms with Crippen LogP contribution in [0.3, 0.4) is 0 Å². The van der Waals surface area contributed by atoms with E-state index >= 15 is 0 Å². The summed E-state index contributed by atoms with van der Waals surface area (Å²) in [5.41, 5.74) is 0.393. The van der Waals surface area contributed by atoms with Gasteiger partial charge in [-0.05, 0) is 35.1 Å². The third-order valence-corrected chi connectivity index (χ3v) is 4.55.